The molecule has 1 N–H and O–H groups in total. The van der Waals surface area contributed by atoms with Gasteiger partial charge in [0.15, 0.2) is 11.5 Å². The van der Waals surface area contributed by atoms with E-state index in [1.54, 1.807) is 13.2 Å². The van der Waals surface area contributed by atoms with Crippen molar-refractivity contribution in [2.45, 2.75) is 26.2 Å². The fourth-order valence-electron chi connectivity index (χ4n) is 3.01. The third-order valence-corrected chi connectivity index (χ3v) is 5.95. The summed E-state index contributed by atoms with van der Waals surface area (Å²) in [6, 6.07) is 13.6. The van der Waals surface area contributed by atoms with Crippen LogP contribution in [-0.2, 0) is 4.79 Å². The van der Waals surface area contributed by atoms with Crippen LogP contribution >= 0.6 is 24.0 Å². The van der Waals surface area contributed by atoms with E-state index < -0.39 is 0 Å². The Morgan fingerprint density at radius 2 is 1.83 bits per heavy atom. The maximum Gasteiger partial charge on any atom is 0.263 e. The highest BCUT2D eigenvalue weighted by Gasteiger charge is 2.22. The highest BCUT2D eigenvalue weighted by atomic mass is 32.2. The molecular formula is C23H25NO4S2. The summed E-state index contributed by atoms with van der Waals surface area (Å²) in [5, 5.41) is 2.61. The summed E-state index contributed by atoms with van der Waals surface area (Å²) in [5.41, 5.74) is 2.04. The third kappa shape index (κ3) is 5.55. The predicted octanol–water partition coefficient (Wildman–Crippen LogP) is 5.16. The van der Waals surface area contributed by atoms with Crippen LogP contribution in [0.25, 0.3) is 6.08 Å². The van der Waals surface area contributed by atoms with E-state index >= 15 is 0 Å². The van der Waals surface area contributed by atoms with Gasteiger partial charge < -0.3 is 19.5 Å². The zero-order valence-corrected chi connectivity index (χ0v) is 18.9. The largest absolute Gasteiger partial charge is 0.493 e. The second-order valence-electron chi connectivity index (χ2n) is 6.81. The van der Waals surface area contributed by atoms with Gasteiger partial charge in [-0.3, -0.25) is 4.79 Å². The molecule has 2 aromatic rings. The zero-order valence-electron chi connectivity index (χ0n) is 17.3. The van der Waals surface area contributed by atoms with Crippen LogP contribution < -0.4 is 19.5 Å². The van der Waals surface area contributed by atoms with Crippen molar-refractivity contribution in [3.8, 4) is 17.2 Å². The first-order valence-electron chi connectivity index (χ1n) is 9.79. The summed E-state index contributed by atoms with van der Waals surface area (Å²) in [4.78, 5) is 12.4. The second-order valence-corrected chi connectivity index (χ2v) is 8.53. The number of thioether (sulfide) groups is 1. The highest BCUT2D eigenvalue weighted by Crippen LogP contribution is 2.32. The number of carbonyl (C=O) groups is 1. The average molecular weight is 444 g/mol. The Balaban J connectivity index is 1.61. The number of ether oxygens (including phenoxy) is 3. The average Bonchev–Trinajstić information content (AvgIpc) is 3.08. The lowest BCUT2D eigenvalue weighted by molar-refractivity contribution is -0.115. The number of carbonyl (C=O) groups excluding carboxylic acids is 1. The first-order chi connectivity index (χ1) is 14.5. The van der Waals surface area contributed by atoms with Crippen molar-refractivity contribution in [3.05, 3.63) is 58.5 Å². The van der Waals surface area contributed by atoms with Crippen LogP contribution in [0.1, 0.15) is 37.3 Å². The normalized spacial score (nSPS) is 15.8. The molecule has 30 heavy (non-hydrogen) atoms. The van der Waals surface area contributed by atoms with Gasteiger partial charge in [0.05, 0.1) is 12.0 Å². The number of rotatable bonds is 9. The Hall–Kier alpha value is -2.51. The van der Waals surface area contributed by atoms with Gasteiger partial charge in [0, 0.05) is 0 Å². The zero-order chi connectivity index (χ0) is 21.5. The lowest BCUT2D eigenvalue weighted by atomic mass is 9.98. The first kappa shape index (κ1) is 22.2. The van der Waals surface area contributed by atoms with Crippen molar-refractivity contribution in [1.29, 1.82) is 0 Å². The number of benzene rings is 2. The maximum absolute atomic E-state index is 11.8. The van der Waals surface area contributed by atoms with Crippen molar-refractivity contribution >= 4 is 40.3 Å². The summed E-state index contributed by atoms with van der Waals surface area (Å²) in [6.45, 7) is 5.18. The van der Waals surface area contributed by atoms with Gasteiger partial charge in [-0.2, -0.15) is 0 Å². The molecule has 0 unspecified atom stereocenters. The number of nitrogens with one attached hydrogen (secondary N) is 1. The topological polar surface area (TPSA) is 56.8 Å². The molecule has 2 aromatic carbocycles. The van der Waals surface area contributed by atoms with Crippen LogP contribution in [0.15, 0.2) is 47.4 Å². The van der Waals surface area contributed by atoms with Crippen molar-refractivity contribution < 1.29 is 19.0 Å². The summed E-state index contributed by atoms with van der Waals surface area (Å²) < 4.78 is 17.7. The fourth-order valence-corrected chi connectivity index (χ4v) is 4.05. The predicted molar refractivity (Wildman–Crippen MR) is 125 cm³/mol. The van der Waals surface area contributed by atoms with E-state index in [0.29, 0.717) is 39.9 Å². The molecule has 0 radical (unpaired) electrons. The molecule has 7 heteroatoms. The first-order valence-corrected chi connectivity index (χ1v) is 11.0. The Labute approximate surface area is 186 Å². The number of para-hydroxylation sites is 1. The number of amides is 1. The molecule has 0 aromatic heterocycles. The minimum Gasteiger partial charge on any atom is -0.493 e. The quantitative estimate of drug-likeness (QED) is 0.328. The van der Waals surface area contributed by atoms with Crippen LogP contribution in [0, 0.1) is 0 Å². The maximum atomic E-state index is 11.8. The van der Waals surface area contributed by atoms with Gasteiger partial charge in [0.1, 0.15) is 23.3 Å². The smallest absolute Gasteiger partial charge is 0.263 e. The number of hydrogen-bond donors (Lipinski definition) is 1. The Bertz CT molecular complexity index is 958. The van der Waals surface area contributed by atoms with Crippen molar-refractivity contribution in [2.75, 3.05) is 20.3 Å². The number of thiocarbonyl (C=S) groups is 1. The molecule has 3 rings (SSSR count). The van der Waals surface area contributed by atoms with Crippen LogP contribution in [0.3, 0.4) is 0 Å². The lowest BCUT2D eigenvalue weighted by Gasteiger charge is -2.16. The lowest BCUT2D eigenvalue weighted by Crippen LogP contribution is -2.17. The minimum absolute atomic E-state index is 0.181. The molecule has 1 heterocycles. The molecule has 1 atom stereocenters. The fraction of sp³-hybridized carbons (Fsp3) is 0.304. The standard InChI is InChI=1S/C23H25NO4S2/c1-4-15(2)17-7-5-6-8-18(17)27-11-12-28-19-10-9-16(13-20(19)26-3)14-21-22(25)24-23(29)30-21/h5-10,13-15H,4,11-12H2,1-3H3,(H,24,25,29)/b21-14-/t15-/m0/s1. The minimum atomic E-state index is -0.181. The van der Waals surface area contributed by atoms with Crippen molar-refractivity contribution in [3.63, 3.8) is 0 Å². The third-order valence-electron chi connectivity index (χ3n) is 4.79. The van der Waals surface area contributed by atoms with E-state index in [1.807, 2.05) is 36.4 Å². The molecule has 0 saturated carbocycles. The summed E-state index contributed by atoms with van der Waals surface area (Å²) in [6.07, 6.45) is 2.84. The molecule has 0 bridgehead atoms. The molecule has 1 saturated heterocycles. The van der Waals surface area contributed by atoms with E-state index in [-0.39, 0.29) is 5.91 Å². The van der Waals surface area contributed by atoms with Crippen molar-refractivity contribution in [2.24, 2.45) is 0 Å². The second kappa shape index (κ2) is 10.5. The molecule has 0 spiro atoms. The SMILES string of the molecule is CC[C@H](C)c1ccccc1OCCOc1ccc(/C=C2\SC(=S)NC2=O)cc1OC. The van der Waals surface area contributed by atoms with Gasteiger partial charge in [-0.05, 0) is 47.7 Å². The molecule has 1 aliphatic heterocycles. The Morgan fingerprint density at radius 3 is 2.50 bits per heavy atom. The Kier molecular flexibility index (Phi) is 7.76. The van der Waals surface area contributed by atoms with E-state index in [9.17, 15) is 4.79 Å². The van der Waals surface area contributed by atoms with E-state index in [0.717, 1.165) is 17.7 Å². The number of methoxy groups -OCH3 is 1. The van der Waals surface area contributed by atoms with Crippen LogP contribution in [0.5, 0.6) is 17.2 Å². The number of hydrogen-bond acceptors (Lipinski definition) is 6. The van der Waals surface area contributed by atoms with Crippen LogP contribution in [0.4, 0.5) is 0 Å². The van der Waals surface area contributed by atoms with E-state index in [4.69, 9.17) is 26.4 Å². The van der Waals surface area contributed by atoms with Gasteiger partial charge in [0.25, 0.3) is 5.91 Å². The van der Waals surface area contributed by atoms with Gasteiger partial charge >= 0.3 is 0 Å². The summed E-state index contributed by atoms with van der Waals surface area (Å²) >= 11 is 6.26. The molecule has 0 aliphatic carbocycles. The van der Waals surface area contributed by atoms with Gasteiger partial charge in [-0.1, -0.05) is 62.1 Å². The van der Waals surface area contributed by atoms with Gasteiger partial charge in [-0.15, -0.1) is 0 Å². The van der Waals surface area contributed by atoms with Crippen molar-refractivity contribution in [1.82, 2.24) is 5.32 Å². The molecule has 5 nitrogen and oxygen atoms in total. The molecule has 1 amide bonds. The monoisotopic (exact) mass is 443 g/mol. The summed E-state index contributed by atoms with van der Waals surface area (Å²) in [5.74, 6) is 2.37. The molecule has 1 aliphatic rings. The van der Waals surface area contributed by atoms with Gasteiger partial charge in [-0.25, -0.2) is 0 Å². The van der Waals surface area contributed by atoms with E-state index in [1.165, 1.54) is 17.3 Å². The molecule has 158 valence electrons. The highest BCUT2D eigenvalue weighted by molar-refractivity contribution is 8.26. The summed E-state index contributed by atoms with van der Waals surface area (Å²) in [7, 11) is 1.59. The molecular weight excluding hydrogens is 418 g/mol. The van der Waals surface area contributed by atoms with Gasteiger partial charge in [0.2, 0.25) is 0 Å². The Morgan fingerprint density at radius 1 is 1.10 bits per heavy atom. The molecule has 1 fully saturated rings. The van der Waals surface area contributed by atoms with Crippen LogP contribution in [-0.4, -0.2) is 30.6 Å². The van der Waals surface area contributed by atoms with Crippen LogP contribution in [0.2, 0.25) is 0 Å². The van der Waals surface area contributed by atoms with E-state index in [2.05, 4.69) is 25.2 Å².